The highest BCUT2D eigenvalue weighted by molar-refractivity contribution is 6.29. The summed E-state index contributed by atoms with van der Waals surface area (Å²) in [5.41, 5.74) is 3.21. The van der Waals surface area contributed by atoms with Crippen LogP contribution in [0.5, 0.6) is 0 Å². The molecule has 1 unspecified atom stereocenters. The summed E-state index contributed by atoms with van der Waals surface area (Å²) < 4.78 is 0. The molecule has 0 aliphatic heterocycles. The zero-order valence-corrected chi connectivity index (χ0v) is 18.2. The molecule has 0 N–H and O–H groups in total. The first-order valence-electron chi connectivity index (χ1n) is 9.89. The van der Waals surface area contributed by atoms with Crippen LogP contribution in [0.25, 0.3) is 0 Å². The van der Waals surface area contributed by atoms with Gasteiger partial charge in [0.25, 0.3) is 0 Å². The Kier molecular flexibility index (Phi) is 7.92. The maximum Gasteiger partial charge on any atom is 0.135 e. The quantitative estimate of drug-likeness (QED) is 0.240. The van der Waals surface area contributed by atoms with Crippen LogP contribution in [0, 0.1) is 22.7 Å². The van der Waals surface area contributed by atoms with Crippen LogP contribution in [0.2, 0.25) is 5.15 Å². The number of hydrogen-bond acceptors (Lipinski definition) is 5. The minimum atomic E-state index is -0.338. The fraction of sp³-hybridized carbons (Fsp3) is 0.0769. The van der Waals surface area contributed by atoms with Gasteiger partial charge in [-0.05, 0) is 54.5 Å². The number of anilines is 2. The van der Waals surface area contributed by atoms with E-state index in [4.69, 9.17) is 16.9 Å². The third-order valence-electron chi connectivity index (χ3n) is 4.68. The van der Waals surface area contributed by atoms with E-state index in [2.05, 4.69) is 16.0 Å². The normalized spacial score (nSPS) is 12.4. The third kappa shape index (κ3) is 5.49. The predicted octanol–water partition coefficient (Wildman–Crippen LogP) is 6.46. The molecule has 0 spiro atoms. The van der Waals surface area contributed by atoms with Crippen LogP contribution in [-0.4, -0.2) is 9.97 Å². The Morgan fingerprint density at radius 3 is 2.62 bits per heavy atom. The number of nitrogens with zero attached hydrogens (tertiary/aromatic N) is 5. The highest BCUT2D eigenvalue weighted by Crippen LogP contribution is 2.39. The molecule has 2 heterocycles. The summed E-state index contributed by atoms with van der Waals surface area (Å²) in [4.78, 5) is 10.9. The van der Waals surface area contributed by atoms with Gasteiger partial charge in [-0.15, -0.1) is 0 Å². The Balaban J connectivity index is 2.26. The van der Waals surface area contributed by atoms with Gasteiger partial charge in [-0.25, -0.2) is 4.98 Å². The van der Waals surface area contributed by atoms with Crippen LogP contribution in [0.3, 0.4) is 0 Å². The van der Waals surface area contributed by atoms with Crippen molar-refractivity contribution in [2.45, 2.75) is 13.0 Å². The second-order valence-corrected chi connectivity index (χ2v) is 7.06. The molecular formula is C26H20ClN5. The number of allylic oxidation sites excluding steroid dienone is 4. The van der Waals surface area contributed by atoms with Crippen molar-refractivity contribution in [1.82, 2.24) is 9.97 Å². The first-order chi connectivity index (χ1) is 15.7. The molecule has 0 saturated carbocycles. The monoisotopic (exact) mass is 437 g/mol. The lowest BCUT2D eigenvalue weighted by molar-refractivity contribution is 0.801. The van der Waals surface area contributed by atoms with Crippen LogP contribution in [0.1, 0.15) is 24.1 Å². The van der Waals surface area contributed by atoms with Gasteiger partial charge in [0.2, 0.25) is 0 Å². The fourth-order valence-electron chi connectivity index (χ4n) is 3.32. The zero-order chi connectivity index (χ0) is 22.8. The maximum atomic E-state index is 9.48. The van der Waals surface area contributed by atoms with Crippen LogP contribution >= 0.6 is 11.6 Å². The number of pyridine rings is 2. The molecule has 3 aromatic rings. The molecule has 0 bridgehead atoms. The number of halogens is 1. The Bertz CT molecular complexity index is 1230. The summed E-state index contributed by atoms with van der Waals surface area (Å²) in [6.07, 6.45) is 12.3. The highest BCUT2D eigenvalue weighted by Gasteiger charge is 2.26. The molecule has 2 aromatic heterocycles. The van der Waals surface area contributed by atoms with Gasteiger partial charge >= 0.3 is 0 Å². The van der Waals surface area contributed by atoms with Crippen LogP contribution in [-0.2, 0) is 0 Å². The fourth-order valence-corrected chi connectivity index (χ4v) is 3.48. The topological polar surface area (TPSA) is 76.6 Å². The molecule has 5 nitrogen and oxygen atoms in total. The van der Waals surface area contributed by atoms with E-state index >= 15 is 0 Å². The van der Waals surface area contributed by atoms with Crippen molar-refractivity contribution in [3.8, 4) is 12.1 Å². The Hall–Kier alpha value is -4.19. The lowest BCUT2D eigenvalue weighted by Crippen LogP contribution is -2.26. The zero-order valence-electron chi connectivity index (χ0n) is 17.4. The minimum Gasteiger partial charge on any atom is -0.313 e. The summed E-state index contributed by atoms with van der Waals surface area (Å²) in [6, 6.07) is 20.6. The van der Waals surface area contributed by atoms with Gasteiger partial charge in [-0.2, -0.15) is 10.5 Å². The van der Waals surface area contributed by atoms with E-state index in [0.29, 0.717) is 16.5 Å². The van der Waals surface area contributed by atoms with E-state index in [9.17, 15) is 5.26 Å². The van der Waals surface area contributed by atoms with E-state index in [1.54, 1.807) is 30.6 Å². The van der Waals surface area contributed by atoms with Gasteiger partial charge in [0.1, 0.15) is 11.0 Å². The molecule has 6 heteroatoms. The van der Waals surface area contributed by atoms with Gasteiger partial charge in [0.05, 0.1) is 35.6 Å². The minimum absolute atomic E-state index is 0.338. The van der Waals surface area contributed by atoms with Crippen molar-refractivity contribution in [2.75, 3.05) is 4.90 Å². The van der Waals surface area contributed by atoms with Crippen molar-refractivity contribution in [3.63, 3.8) is 0 Å². The van der Waals surface area contributed by atoms with Crippen molar-refractivity contribution < 1.29 is 0 Å². The molecule has 0 saturated heterocycles. The first kappa shape index (κ1) is 22.5. The van der Waals surface area contributed by atoms with Crippen molar-refractivity contribution in [1.29, 1.82) is 10.5 Å². The highest BCUT2D eigenvalue weighted by atomic mass is 35.5. The molecule has 0 fully saturated rings. The molecular weight excluding hydrogens is 418 g/mol. The number of nitriles is 2. The summed E-state index contributed by atoms with van der Waals surface area (Å²) in [5.74, 6) is 0.637. The molecule has 1 aromatic carbocycles. The van der Waals surface area contributed by atoms with E-state index in [1.165, 1.54) is 6.08 Å². The van der Waals surface area contributed by atoms with Crippen molar-refractivity contribution >= 4 is 23.1 Å². The first-order valence-corrected chi connectivity index (χ1v) is 10.3. The van der Waals surface area contributed by atoms with Crippen LogP contribution < -0.4 is 4.90 Å². The van der Waals surface area contributed by atoms with Crippen molar-refractivity contribution in [2.24, 2.45) is 0 Å². The molecule has 0 aliphatic carbocycles. The Morgan fingerprint density at radius 1 is 1.09 bits per heavy atom. The van der Waals surface area contributed by atoms with Gasteiger partial charge < -0.3 is 4.90 Å². The number of rotatable bonds is 7. The largest absolute Gasteiger partial charge is 0.313 e. The van der Waals surface area contributed by atoms with Crippen molar-refractivity contribution in [3.05, 3.63) is 119 Å². The average Bonchev–Trinajstić information content (AvgIpc) is 2.83. The summed E-state index contributed by atoms with van der Waals surface area (Å²) in [5, 5.41) is 18.6. The SMILES string of the molecule is C\C=C(/C=C\C=C\C#N)C(c1cccc(C#N)c1)N(c1cccnc1)c1cccc(Cl)n1. The molecule has 156 valence electrons. The van der Waals surface area contributed by atoms with E-state index < -0.39 is 0 Å². The van der Waals surface area contributed by atoms with Gasteiger partial charge in [0.15, 0.2) is 0 Å². The number of hydrogen-bond donors (Lipinski definition) is 0. The number of aromatic nitrogens is 2. The summed E-state index contributed by atoms with van der Waals surface area (Å²) >= 11 is 6.24. The Labute approximate surface area is 192 Å². The molecule has 0 amide bonds. The van der Waals surface area contributed by atoms with E-state index in [0.717, 1.165) is 16.8 Å². The molecule has 1 atom stereocenters. The third-order valence-corrected chi connectivity index (χ3v) is 4.89. The van der Waals surface area contributed by atoms with Crippen LogP contribution in [0.4, 0.5) is 11.5 Å². The Morgan fingerprint density at radius 2 is 1.94 bits per heavy atom. The molecule has 0 aliphatic rings. The van der Waals surface area contributed by atoms with Gasteiger partial charge in [-0.1, -0.05) is 54.1 Å². The number of benzene rings is 1. The molecule has 3 rings (SSSR count). The lowest BCUT2D eigenvalue weighted by atomic mass is 9.94. The van der Waals surface area contributed by atoms with Gasteiger partial charge in [-0.3, -0.25) is 4.98 Å². The lowest BCUT2D eigenvalue weighted by Gasteiger charge is -2.34. The van der Waals surface area contributed by atoms with Gasteiger partial charge in [0, 0.05) is 12.3 Å². The standard InChI is InChI=1S/C26H20ClN5/c1-2-21(10-4-3-5-15-28)26(22-11-6-9-20(17-22)18-29)32(23-12-8-16-30-19-23)25-14-7-13-24(27)31-25/h2-14,16-17,19,26H,1H3/b5-3+,10-4-,21-2+. The average molecular weight is 438 g/mol. The summed E-state index contributed by atoms with van der Waals surface area (Å²) in [6.45, 7) is 1.95. The molecule has 32 heavy (non-hydrogen) atoms. The predicted molar refractivity (Wildman–Crippen MR) is 127 cm³/mol. The second kappa shape index (κ2) is 11.3. The smallest absolute Gasteiger partial charge is 0.135 e. The second-order valence-electron chi connectivity index (χ2n) is 6.68. The molecule has 0 radical (unpaired) electrons. The van der Waals surface area contributed by atoms with E-state index in [-0.39, 0.29) is 6.04 Å². The summed E-state index contributed by atoms with van der Waals surface area (Å²) in [7, 11) is 0. The van der Waals surface area contributed by atoms with E-state index in [1.807, 2.05) is 78.6 Å². The van der Waals surface area contributed by atoms with Crippen LogP contribution in [0.15, 0.2) is 103 Å². The maximum absolute atomic E-state index is 9.48.